The quantitative estimate of drug-likeness (QED) is 0.727. The number of benzene rings is 1. The molecular weight excluding hydrogens is 224 g/mol. The third-order valence-corrected chi connectivity index (χ3v) is 3.73. The van der Waals surface area contributed by atoms with Crippen molar-refractivity contribution >= 4 is 10.0 Å². The van der Waals surface area contributed by atoms with Crippen molar-refractivity contribution in [3.8, 4) is 0 Å². The van der Waals surface area contributed by atoms with Crippen LogP contribution in [-0.4, -0.2) is 35.6 Å². The maximum atomic E-state index is 11.8. The monoisotopic (exact) mass is 243 g/mol. The van der Waals surface area contributed by atoms with Gasteiger partial charge in [-0.15, -0.1) is 0 Å². The molecule has 0 aliphatic carbocycles. The molecule has 0 atom stereocenters. The summed E-state index contributed by atoms with van der Waals surface area (Å²) in [6.45, 7) is 3.16. The van der Waals surface area contributed by atoms with E-state index in [1.807, 2.05) is 21.0 Å². The lowest BCUT2D eigenvalue weighted by Gasteiger charge is -2.09. The van der Waals surface area contributed by atoms with Gasteiger partial charge in [0.1, 0.15) is 0 Å². The molecule has 2 N–H and O–H groups in total. The molecule has 0 unspecified atom stereocenters. The number of nitrogens with one attached hydrogen (secondary N) is 2. The standard InChI is InChI=1S/C11H18N2O2S/c1-10-4-6-11(7-5-10)16(14,15)12-8-9-13(2)3/h4-7,12H,8-9H2,1-3H3/p+1. The van der Waals surface area contributed by atoms with E-state index in [1.54, 1.807) is 24.3 Å². The summed E-state index contributed by atoms with van der Waals surface area (Å²) >= 11 is 0. The molecule has 0 bridgehead atoms. The topological polar surface area (TPSA) is 50.6 Å². The van der Waals surface area contributed by atoms with Gasteiger partial charge in [-0.2, -0.15) is 0 Å². The average Bonchev–Trinajstić information content (AvgIpc) is 2.17. The van der Waals surface area contributed by atoms with Crippen molar-refractivity contribution in [2.75, 3.05) is 27.2 Å². The molecule has 0 heterocycles. The maximum absolute atomic E-state index is 11.8. The summed E-state index contributed by atoms with van der Waals surface area (Å²) < 4.78 is 26.2. The van der Waals surface area contributed by atoms with E-state index >= 15 is 0 Å². The van der Waals surface area contributed by atoms with Crippen molar-refractivity contribution < 1.29 is 13.3 Å². The molecule has 0 saturated carbocycles. The first kappa shape index (κ1) is 13.2. The lowest BCUT2D eigenvalue weighted by molar-refractivity contribution is -0.856. The highest BCUT2D eigenvalue weighted by Gasteiger charge is 2.12. The Morgan fingerprint density at radius 1 is 1.19 bits per heavy atom. The first-order valence-electron chi connectivity index (χ1n) is 5.27. The van der Waals surface area contributed by atoms with Crippen LogP contribution in [0.3, 0.4) is 0 Å². The lowest BCUT2D eigenvalue weighted by atomic mass is 10.2. The molecular formula is C11H19N2O2S+. The summed E-state index contributed by atoms with van der Waals surface area (Å²) in [6, 6.07) is 6.85. The van der Waals surface area contributed by atoms with Crippen LogP contribution in [0.2, 0.25) is 0 Å². The molecule has 5 heteroatoms. The molecule has 0 spiro atoms. The van der Waals surface area contributed by atoms with E-state index in [9.17, 15) is 8.42 Å². The zero-order valence-corrected chi connectivity index (χ0v) is 10.8. The zero-order valence-electron chi connectivity index (χ0n) is 9.95. The summed E-state index contributed by atoms with van der Waals surface area (Å²) in [5, 5.41) is 0. The molecule has 1 aromatic carbocycles. The molecule has 0 aliphatic heterocycles. The second-order valence-electron chi connectivity index (χ2n) is 4.17. The summed E-state index contributed by atoms with van der Waals surface area (Å²) in [5.74, 6) is 0. The van der Waals surface area contributed by atoms with Crippen molar-refractivity contribution in [1.82, 2.24) is 4.72 Å². The van der Waals surface area contributed by atoms with E-state index in [4.69, 9.17) is 0 Å². The number of hydrogen-bond donors (Lipinski definition) is 2. The van der Waals surface area contributed by atoms with Crippen LogP contribution in [0.5, 0.6) is 0 Å². The van der Waals surface area contributed by atoms with Gasteiger partial charge in [-0.3, -0.25) is 0 Å². The molecule has 0 amide bonds. The Morgan fingerprint density at radius 3 is 2.25 bits per heavy atom. The van der Waals surface area contributed by atoms with Crippen molar-refractivity contribution in [3.63, 3.8) is 0 Å². The summed E-state index contributed by atoms with van der Waals surface area (Å²) in [5.41, 5.74) is 1.05. The van der Waals surface area contributed by atoms with Crippen molar-refractivity contribution in [2.24, 2.45) is 0 Å². The minimum Gasteiger partial charge on any atom is -0.339 e. The Hall–Kier alpha value is -0.910. The second kappa shape index (κ2) is 5.43. The smallest absolute Gasteiger partial charge is 0.240 e. The minimum absolute atomic E-state index is 0.326. The molecule has 0 aromatic heterocycles. The predicted molar refractivity (Wildman–Crippen MR) is 64.0 cm³/mol. The maximum Gasteiger partial charge on any atom is 0.240 e. The SMILES string of the molecule is Cc1ccc(S(=O)(=O)NCC[NH+](C)C)cc1. The van der Waals surface area contributed by atoms with Crippen LogP contribution in [0.1, 0.15) is 5.56 Å². The van der Waals surface area contributed by atoms with Gasteiger partial charge in [0.15, 0.2) is 0 Å². The lowest BCUT2D eigenvalue weighted by Crippen LogP contribution is -3.06. The van der Waals surface area contributed by atoms with Gasteiger partial charge in [0.25, 0.3) is 0 Å². The molecule has 1 rings (SSSR count). The summed E-state index contributed by atoms with van der Waals surface area (Å²) in [4.78, 5) is 1.54. The van der Waals surface area contributed by atoms with Crippen LogP contribution in [0.25, 0.3) is 0 Å². The van der Waals surface area contributed by atoms with E-state index < -0.39 is 10.0 Å². The van der Waals surface area contributed by atoms with Gasteiger partial charge >= 0.3 is 0 Å². The molecule has 90 valence electrons. The van der Waals surface area contributed by atoms with E-state index in [0.717, 1.165) is 12.1 Å². The minimum atomic E-state index is -3.34. The highest BCUT2D eigenvalue weighted by Crippen LogP contribution is 2.09. The van der Waals surface area contributed by atoms with Crippen LogP contribution in [0.15, 0.2) is 29.2 Å². The number of sulfonamides is 1. The fraction of sp³-hybridized carbons (Fsp3) is 0.455. The normalized spacial score (nSPS) is 12.0. The first-order valence-corrected chi connectivity index (χ1v) is 6.75. The summed E-state index contributed by atoms with van der Waals surface area (Å²) in [7, 11) is 0.637. The Labute approximate surface area is 97.3 Å². The number of likely N-dealkylation sites (N-methyl/N-ethyl adjacent to an activating group) is 1. The van der Waals surface area contributed by atoms with Crippen molar-refractivity contribution in [3.05, 3.63) is 29.8 Å². The number of rotatable bonds is 5. The van der Waals surface area contributed by atoms with E-state index in [0.29, 0.717) is 11.4 Å². The molecule has 0 aliphatic rings. The molecule has 1 aromatic rings. The second-order valence-corrected chi connectivity index (χ2v) is 5.93. The van der Waals surface area contributed by atoms with Crippen molar-refractivity contribution in [1.29, 1.82) is 0 Å². The highest BCUT2D eigenvalue weighted by atomic mass is 32.2. The van der Waals surface area contributed by atoms with E-state index in [1.165, 1.54) is 4.90 Å². The van der Waals surface area contributed by atoms with E-state index in [-0.39, 0.29) is 0 Å². The zero-order chi connectivity index (χ0) is 12.2. The average molecular weight is 243 g/mol. The highest BCUT2D eigenvalue weighted by molar-refractivity contribution is 7.89. The summed E-state index contributed by atoms with van der Waals surface area (Å²) in [6.07, 6.45) is 0. The van der Waals surface area contributed by atoms with Crippen LogP contribution in [0, 0.1) is 6.92 Å². The number of hydrogen-bond acceptors (Lipinski definition) is 2. The Kier molecular flexibility index (Phi) is 4.46. The third kappa shape index (κ3) is 3.92. The molecule has 0 saturated heterocycles. The van der Waals surface area contributed by atoms with Crippen molar-refractivity contribution in [2.45, 2.75) is 11.8 Å². The first-order chi connectivity index (χ1) is 7.42. The Balaban J connectivity index is 2.67. The van der Waals surface area contributed by atoms with Gasteiger partial charge in [0, 0.05) is 0 Å². The largest absolute Gasteiger partial charge is 0.339 e. The van der Waals surface area contributed by atoms with Gasteiger partial charge < -0.3 is 4.90 Å². The number of quaternary nitrogens is 1. The number of aryl methyl sites for hydroxylation is 1. The molecule has 0 radical (unpaired) electrons. The van der Waals surface area contributed by atoms with Crippen LogP contribution in [-0.2, 0) is 10.0 Å². The van der Waals surface area contributed by atoms with Gasteiger partial charge in [-0.1, -0.05) is 17.7 Å². The van der Waals surface area contributed by atoms with Crippen LogP contribution < -0.4 is 9.62 Å². The van der Waals surface area contributed by atoms with Gasteiger partial charge in [-0.05, 0) is 19.1 Å². The fourth-order valence-corrected chi connectivity index (χ4v) is 2.27. The van der Waals surface area contributed by atoms with Crippen LogP contribution >= 0.6 is 0 Å². The molecule has 4 nitrogen and oxygen atoms in total. The molecule has 16 heavy (non-hydrogen) atoms. The van der Waals surface area contributed by atoms with Gasteiger partial charge in [0.2, 0.25) is 10.0 Å². The Bertz CT molecular complexity index is 424. The van der Waals surface area contributed by atoms with Gasteiger partial charge in [-0.25, -0.2) is 13.1 Å². The fourth-order valence-electron chi connectivity index (χ4n) is 1.24. The van der Waals surface area contributed by atoms with Crippen LogP contribution in [0.4, 0.5) is 0 Å². The third-order valence-electron chi connectivity index (χ3n) is 2.25. The van der Waals surface area contributed by atoms with E-state index in [2.05, 4.69) is 4.72 Å². The van der Waals surface area contributed by atoms with Gasteiger partial charge in [0.05, 0.1) is 32.1 Å². The predicted octanol–water partition coefficient (Wildman–Crippen LogP) is -0.582. The Morgan fingerprint density at radius 2 is 1.75 bits per heavy atom. The molecule has 0 fully saturated rings.